The molecule has 0 unspecified atom stereocenters. The van der Waals surface area contributed by atoms with E-state index in [0.29, 0.717) is 0 Å². The zero-order valence-electron chi connectivity index (χ0n) is 23.2. The lowest BCUT2D eigenvalue weighted by Gasteiger charge is -2.28. The molecule has 1 nitrogen and oxygen atoms in total. The third-order valence-electron chi connectivity index (χ3n) is 9.08. The number of rotatable bonds is 3. The first-order chi connectivity index (χ1) is 19.5. The van der Waals surface area contributed by atoms with Crippen molar-refractivity contribution in [1.29, 1.82) is 0 Å². The van der Waals surface area contributed by atoms with Crippen molar-refractivity contribution in [2.45, 2.75) is 32.6 Å². The van der Waals surface area contributed by atoms with Crippen LogP contribution in [0.1, 0.15) is 41.7 Å². The maximum absolute atomic E-state index is 2.51. The van der Waals surface area contributed by atoms with Crippen LogP contribution in [0.25, 0.3) is 33.0 Å². The summed E-state index contributed by atoms with van der Waals surface area (Å²) < 4.78 is 0. The number of fused-ring (bicyclic) bond motifs is 8. The van der Waals surface area contributed by atoms with Crippen molar-refractivity contribution in [3.63, 3.8) is 0 Å². The Kier molecular flexibility index (Phi) is 4.91. The fourth-order valence-corrected chi connectivity index (χ4v) is 7.20. The number of nitrogens with zero attached hydrogens (tertiary/aromatic N) is 1. The lowest BCUT2D eigenvalue weighted by molar-refractivity contribution is 0.660. The molecule has 0 aliphatic heterocycles. The van der Waals surface area contributed by atoms with Crippen LogP contribution >= 0.6 is 0 Å². The maximum atomic E-state index is 2.51. The molecule has 0 saturated carbocycles. The van der Waals surface area contributed by atoms with Gasteiger partial charge in [0.1, 0.15) is 0 Å². The van der Waals surface area contributed by atoms with Crippen LogP contribution in [0.3, 0.4) is 0 Å². The molecule has 40 heavy (non-hydrogen) atoms. The van der Waals surface area contributed by atoms with Gasteiger partial charge in [0, 0.05) is 22.2 Å². The number of anilines is 3. The Labute approximate surface area is 236 Å². The molecule has 0 saturated heterocycles. The van der Waals surface area contributed by atoms with Gasteiger partial charge in [-0.1, -0.05) is 92.7 Å². The SMILES string of the molecule is Cc1cccc(N(c2ccccc2)c2cc3c(c4ccccc24)-c2cc4c(cc2C3)-c2ccccc2C4(C)C)c1. The monoisotopic (exact) mass is 513 g/mol. The molecule has 0 radical (unpaired) electrons. The van der Waals surface area contributed by atoms with Gasteiger partial charge in [0.05, 0.1) is 5.69 Å². The van der Waals surface area contributed by atoms with Gasteiger partial charge < -0.3 is 4.90 Å². The van der Waals surface area contributed by atoms with Gasteiger partial charge in [-0.15, -0.1) is 0 Å². The summed E-state index contributed by atoms with van der Waals surface area (Å²) in [5.74, 6) is 0. The fraction of sp³-hybridized carbons (Fsp3) is 0.128. The lowest BCUT2D eigenvalue weighted by Crippen LogP contribution is -2.15. The van der Waals surface area contributed by atoms with Gasteiger partial charge in [-0.2, -0.15) is 0 Å². The number of hydrogen-bond donors (Lipinski definition) is 0. The molecule has 0 fully saturated rings. The normalized spacial score (nSPS) is 14.0. The first kappa shape index (κ1) is 23.3. The van der Waals surface area contributed by atoms with Crippen molar-refractivity contribution < 1.29 is 0 Å². The van der Waals surface area contributed by atoms with Gasteiger partial charge >= 0.3 is 0 Å². The first-order valence-electron chi connectivity index (χ1n) is 14.2. The van der Waals surface area contributed by atoms with Gasteiger partial charge in [-0.05, 0) is 111 Å². The molecule has 1 heteroatoms. The highest BCUT2D eigenvalue weighted by molar-refractivity contribution is 6.09. The van der Waals surface area contributed by atoms with E-state index in [1.54, 1.807) is 0 Å². The molecule has 0 aromatic heterocycles. The molecular weight excluding hydrogens is 482 g/mol. The summed E-state index contributed by atoms with van der Waals surface area (Å²) >= 11 is 0. The largest absolute Gasteiger partial charge is 0.310 e. The minimum atomic E-state index is -0.00523. The second kappa shape index (κ2) is 8.44. The van der Waals surface area contributed by atoms with E-state index < -0.39 is 0 Å². The van der Waals surface area contributed by atoms with Gasteiger partial charge in [-0.3, -0.25) is 0 Å². The molecule has 0 spiro atoms. The van der Waals surface area contributed by atoms with Crippen molar-refractivity contribution in [3.05, 3.63) is 149 Å². The topological polar surface area (TPSA) is 3.24 Å². The second-order valence-electron chi connectivity index (χ2n) is 11.9. The van der Waals surface area contributed by atoms with Crippen LogP contribution in [-0.4, -0.2) is 0 Å². The minimum absolute atomic E-state index is 0.00523. The van der Waals surface area contributed by atoms with E-state index in [2.05, 4.69) is 147 Å². The van der Waals surface area contributed by atoms with Crippen molar-refractivity contribution in [1.82, 2.24) is 0 Å². The van der Waals surface area contributed by atoms with E-state index in [-0.39, 0.29) is 5.41 Å². The zero-order valence-corrected chi connectivity index (χ0v) is 23.2. The smallest absolute Gasteiger partial charge is 0.0543 e. The van der Waals surface area contributed by atoms with Gasteiger partial charge in [0.25, 0.3) is 0 Å². The highest BCUT2D eigenvalue weighted by Gasteiger charge is 2.37. The molecule has 0 atom stereocenters. The Hall–Kier alpha value is -4.62. The Morgan fingerprint density at radius 1 is 0.550 bits per heavy atom. The van der Waals surface area contributed by atoms with Crippen LogP contribution in [0.2, 0.25) is 0 Å². The summed E-state index contributed by atoms with van der Waals surface area (Å²) in [4.78, 5) is 2.43. The van der Waals surface area contributed by atoms with Crippen molar-refractivity contribution in [2.75, 3.05) is 4.90 Å². The predicted octanol–water partition coefficient (Wildman–Crippen LogP) is 10.5. The molecule has 6 aromatic rings. The summed E-state index contributed by atoms with van der Waals surface area (Å²) in [7, 11) is 0. The van der Waals surface area contributed by atoms with Crippen LogP contribution in [0.15, 0.2) is 121 Å². The Morgan fingerprint density at radius 2 is 1.27 bits per heavy atom. The Balaban J connectivity index is 1.38. The van der Waals surface area contributed by atoms with E-state index in [1.165, 1.54) is 77.9 Å². The van der Waals surface area contributed by atoms with Crippen LogP contribution in [0.4, 0.5) is 17.1 Å². The molecule has 8 rings (SSSR count). The molecule has 0 amide bonds. The number of benzene rings is 6. The van der Waals surface area contributed by atoms with E-state index in [4.69, 9.17) is 0 Å². The van der Waals surface area contributed by atoms with Crippen molar-refractivity contribution >= 4 is 27.8 Å². The molecule has 192 valence electrons. The van der Waals surface area contributed by atoms with E-state index in [0.717, 1.165) is 6.42 Å². The predicted molar refractivity (Wildman–Crippen MR) is 169 cm³/mol. The highest BCUT2D eigenvalue weighted by atomic mass is 15.1. The summed E-state index contributed by atoms with van der Waals surface area (Å²) in [5, 5.41) is 2.61. The van der Waals surface area contributed by atoms with Crippen molar-refractivity contribution in [2.24, 2.45) is 0 Å². The molecule has 2 aliphatic carbocycles. The minimum Gasteiger partial charge on any atom is -0.310 e. The quantitative estimate of drug-likeness (QED) is 0.227. The molecule has 2 aliphatic rings. The summed E-state index contributed by atoms with van der Waals surface area (Å²) in [6, 6.07) is 45.0. The van der Waals surface area contributed by atoms with E-state index in [1.807, 2.05) is 0 Å². The number of para-hydroxylation sites is 1. The molecule has 0 N–H and O–H groups in total. The zero-order chi connectivity index (χ0) is 27.0. The van der Waals surface area contributed by atoms with Gasteiger partial charge in [-0.25, -0.2) is 0 Å². The Morgan fingerprint density at radius 3 is 2.10 bits per heavy atom. The van der Waals surface area contributed by atoms with Crippen LogP contribution in [-0.2, 0) is 11.8 Å². The highest BCUT2D eigenvalue weighted by Crippen LogP contribution is 2.54. The molecular formula is C39H31N. The molecule has 0 bridgehead atoms. The standard InChI is InChI=1S/C39H31N/c1-25-12-11-15-29(20-25)40(28-13-5-4-6-14-28)37-23-27-21-26-22-34-30-16-9-10-19-35(30)39(2,3)36(34)24-33(26)38(27)32-18-8-7-17-31(32)37/h4-20,22-24H,21H2,1-3H3. The second-order valence-corrected chi connectivity index (χ2v) is 11.9. The number of aryl methyl sites for hydroxylation is 1. The molecule has 0 heterocycles. The maximum Gasteiger partial charge on any atom is 0.0543 e. The summed E-state index contributed by atoms with van der Waals surface area (Å²) in [6.07, 6.45) is 0.953. The van der Waals surface area contributed by atoms with Crippen LogP contribution < -0.4 is 4.90 Å². The Bertz CT molecular complexity index is 1960. The third-order valence-corrected chi connectivity index (χ3v) is 9.08. The fourth-order valence-electron chi connectivity index (χ4n) is 7.20. The van der Waals surface area contributed by atoms with E-state index >= 15 is 0 Å². The molecule has 6 aromatic carbocycles. The lowest BCUT2D eigenvalue weighted by atomic mass is 9.81. The van der Waals surface area contributed by atoms with Crippen LogP contribution in [0.5, 0.6) is 0 Å². The third kappa shape index (κ3) is 3.27. The van der Waals surface area contributed by atoms with E-state index in [9.17, 15) is 0 Å². The number of hydrogen-bond acceptors (Lipinski definition) is 1. The summed E-state index contributed by atoms with van der Waals surface area (Å²) in [6.45, 7) is 6.92. The van der Waals surface area contributed by atoms with Crippen molar-refractivity contribution in [3.8, 4) is 22.3 Å². The van der Waals surface area contributed by atoms with Gasteiger partial charge in [0.2, 0.25) is 0 Å². The first-order valence-corrected chi connectivity index (χ1v) is 14.2. The van der Waals surface area contributed by atoms with Crippen LogP contribution in [0, 0.1) is 6.92 Å². The average Bonchev–Trinajstić information content (AvgIpc) is 3.45. The van der Waals surface area contributed by atoms with Gasteiger partial charge in [0.15, 0.2) is 0 Å². The summed E-state index contributed by atoms with van der Waals surface area (Å²) in [5.41, 5.74) is 16.2. The average molecular weight is 514 g/mol.